The molecule has 0 unspecified atom stereocenters. The molecule has 1 aromatic heterocycles. The lowest BCUT2D eigenvalue weighted by Crippen LogP contribution is -2.38. The largest absolute Gasteiger partial charge is 0.337 e. The van der Waals surface area contributed by atoms with Gasteiger partial charge in [-0.2, -0.15) is 4.98 Å². The van der Waals surface area contributed by atoms with E-state index in [0.717, 1.165) is 43.4 Å². The number of amides is 1. The number of hydrogen-bond donors (Lipinski definition) is 0. The molecule has 1 fully saturated rings. The van der Waals surface area contributed by atoms with Gasteiger partial charge in [-0.25, -0.2) is 0 Å². The number of piperidine rings is 1. The number of benzene rings is 1. The maximum Gasteiger partial charge on any atom is 0.249 e. The van der Waals surface area contributed by atoms with Crippen molar-refractivity contribution in [3.05, 3.63) is 35.7 Å². The Hall–Kier alpha value is -2.17. The smallest absolute Gasteiger partial charge is 0.249 e. The second-order valence-electron chi connectivity index (χ2n) is 6.17. The molecule has 1 amide bonds. The fraction of sp³-hybridized carbons (Fsp3) is 0.500. The number of likely N-dealkylation sites (tertiary alicyclic amines) is 1. The Bertz CT molecular complexity index is 680. The summed E-state index contributed by atoms with van der Waals surface area (Å²) in [7, 11) is 0. The van der Waals surface area contributed by atoms with E-state index in [1.165, 1.54) is 0 Å². The molecule has 0 bridgehead atoms. The maximum atomic E-state index is 12.3. The molecule has 1 aromatic carbocycles. The summed E-state index contributed by atoms with van der Waals surface area (Å²) in [6.07, 6.45) is 4.47. The molecular weight excluding hydrogens is 290 g/mol. The Morgan fingerprint density at radius 3 is 3.04 bits per heavy atom. The normalized spacial score (nSPS) is 18.2. The Balaban J connectivity index is 1.84. The summed E-state index contributed by atoms with van der Waals surface area (Å²) in [6.45, 7) is 4.85. The summed E-state index contributed by atoms with van der Waals surface area (Å²) in [5, 5.41) is 4.12. The highest BCUT2D eigenvalue weighted by Crippen LogP contribution is 2.31. The van der Waals surface area contributed by atoms with E-state index >= 15 is 0 Å². The van der Waals surface area contributed by atoms with Crippen LogP contribution >= 0.6 is 0 Å². The Kier molecular flexibility index (Phi) is 4.74. The summed E-state index contributed by atoms with van der Waals surface area (Å²) in [5.41, 5.74) is 2.11. The summed E-state index contributed by atoms with van der Waals surface area (Å²) < 4.78 is 5.50. The van der Waals surface area contributed by atoms with Crippen LogP contribution in [0.25, 0.3) is 11.4 Å². The number of carbonyl (C=O) groups excluding carboxylic acids is 1. The predicted octanol–water partition coefficient (Wildman–Crippen LogP) is 3.90. The molecule has 3 rings (SSSR count). The van der Waals surface area contributed by atoms with Crippen LogP contribution in [0, 0.1) is 6.92 Å². The van der Waals surface area contributed by atoms with Gasteiger partial charge in [0, 0.05) is 18.5 Å². The first-order valence-electron chi connectivity index (χ1n) is 8.39. The fourth-order valence-electron chi connectivity index (χ4n) is 3.12. The van der Waals surface area contributed by atoms with Crippen molar-refractivity contribution in [1.82, 2.24) is 15.0 Å². The van der Waals surface area contributed by atoms with Crippen LogP contribution in [0.15, 0.2) is 28.8 Å². The van der Waals surface area contributed by atoms with E-state index in [9.17, 15) is 4.79 Å². The first-order valence-corrected chi connectivity index (χ1v) is 8.39. The monoisotopic (exact) mass is 313 g/mol. The van der Waals surface area contributed by atoms with Crippen molar-refractivity contribution < 1.29 is 9.32 Å². The lowest BCUT2D eigenvalue weighted by Gasteiger charge is -2.33. The summed E-state index contributed by atoms with van der Waals surface area (Å²) >= 11 is 0. The van der Waals surface area contributed by atoms with Gasteiger partial charge in [-0.15, -0.1) is 0 Å². The highest BCUT2D eigenvalue weighted by molar-refractivity contribution is 5.76. The first-order chi connectivity index (χ1) is 11.2. The Labute approximate surface area is 136 Å². The van der Waals surface area contributed by atoms with Crippen LogP contribution in [0.4, 0.5) is 0 Å². The Morgan fingerprint density at radius 1 is 1.39 bits per heavy atom. The van der Waals surface area contributed by atoms with E-state index in [1.807, 2.05) is 43.0 Å². The van der Waals surface area contributed by atoms with Crippen LogP contribution in [0.3, 0.4) is 0 Å². The van der Waals surface area contributed by atoms with Gasteiger partial charge in [0.1, 0.15) is 6.04 Å². The van der Waals surface area contributed by atoms with Gasteiger partial charge in [0.25, 0.3) is 0 Å². The zero-order valence-corrected chi connectivity index (χ0v) is 13.8. The molecule has 0 saturated carbocycles. The van der Waals surface area contributed by atoms with Gasteiger partial charge in [-0.1, -0.05) is 35.8 Å². The van der Waals surface area contributed by atoms with Gasteiger partial charge in [-0.3, -0.25) is 4.79 Å². The lowest BCUT2D eigenvalue weighted by molar-refractivity contribution is -0.135. The zero-order chi connectivity index (χ0) is 16.2. The van der Waals surface area contributed by atoms with Crippen LogP contribution in [0.5, 0.6) is 0 Å². The first kappa shape index (κ1) is 15.7. The minimum Gasteiger partial charge on any atom is -0.337 e. The van der Waals surface area contributed by atoms with Crippen LogP contribution in [-0.2, 0) is 4.79 Å². The highest BCUT2D eigenvalue weighted by atomic mass is 16.5. The second-order valence-corrected chi connectivity index (χ2v) is 6.17. The van der Waals surface area contributed by atoms with Crippen molar-refractivity contribution in [1.29, 1.82) is 0 Å². The van der Waals surface area contributed by atoms with Crippen LogP contribution < -0.4 is 0 Å². The Morgan fingerprint density at radius 2 is 2.26 bits per heavy atom. The quantitative estimate of drug-likeness (QED) is 0.859. The van der Waals surface area contributed by atoms with Gasteiger partial charge in [0.05, 0.1) is 0 Å². The molecule has 5 nitrogen and oxygen atoms in total. The average molecular weight is 313 g/mol. The number of nitrogens with zero attached hydrogens (tertiary/aromatic N) is 3. The van der Waals surface area contributed by atoms with E-state index in [1.54, 1.807) is 0 Å². The highest BCUT2D eigenvalue weighted by Gasteiger charge is 2.31. The van der Waals surface area contributed by atoms with Crippen molar-refractivity contribution in [3.63, 3.8) is 0 Å². The zero-order valence-electron chi connectivity index (χ0n) is 13.8. The minimum absolute atomic E-state index is 0.0751. The van der Waals surface area contributed by atoms with Crippen molar-refractivity contribution in [2.24, 2.45) is 0 Å². The van der Waals surface area contributed by atoms with Crippen LogP contribution in [0.1, 0.15) is 56.5 Å². The molecule has 1 atom stereocenters. The molecule has 0 N–H and O–H groups in total. The molecule has 2 heterocycles. The standard InChI is InChI=1S/C18H23N3O2/c1-3-7-16(22)21-11-5-4-10-15(21)18-19-17(20-23-18)14-9-6-8-13(2)12-14/h6,8-9,12,15H,3-5,7,10-11H2,1-2H3/t15-/m1/s1. The number of rotatable bonds is 4. The molecule has 1 aliphatic rings. The van der Waals surface area contributed by atoms with Crippen LogP contribution in [0.2, 0.25) is 0 Å². The third kappa shape index (κ3) is 3.44. The number of aromatic nitrogens is 2. The topological polar surface area (TPSA) is 59.2 Å². The SMILES string of the molecule is CCCC(=O)N1CCCC[C@@H]1c1nc(-c2cccc(C)c2)no1. The molecule has 0 radical (unpaired) electrons. The molecule has 5 heteroatoms. The molecule has 0 aliphatic carbocycles. The fourth-order valence-corrected chi connectivity index (χ4v) is 3.12. The van der Waals surface area contributed by atoms with Gasteiger partial charge in [0.2, 0.25) is 17.6 Å². The summed E-state index contributed by atoms with van der Waals surface area (Å²) in [4.78, 5) is 18.8. The third-order valence-electron chi connectivity index (χ3n) is 4.29. The molecule has 0 spiro atoms. The molecule has 2 aromatic rings. The third-order valence-corrected chi connectivity index (χ3v) is 4.29. The van der Waals surface area contributed by atoms with Crippen molar-refractivity contribution in [2.45, 2.75) is 52.0 Å². The lowest BCUT2D eigenvalue weighted by atomic mass is 10.0. The molecule has 1 aliphatic heterocycles. The minimum atomic E-state index is -0.0751. The van der Waals surface area contributed by atoms with Gasteiger partial charge >= 0.3 is 0 Å². The van der Waals surface area contributed by atoms with E-state index in [4.69, 9.17) is 4.52 Å². The van der Waals surface area contributed by atoms with Gasteiger partial charge < -0.3 is 9.42 Å². The van der Waals surface area contributed by atoms with Crippen molar-refractivity contribution >= 4 is 5.91 Å². The summed E-state index contributed by atoms with van der Waals surface area (Å²) in [6, 6.07) is 7.96. The van der Waals surface area contributed by atoms with Crippen LogP contribution in [-0.4, -0.2) is 27.5 Å². The number of aryl methyl sites for hydroxylation is 1. The second kappa shape index (κ2) is 6.94. The molecule has 23 heavy (non-hydrogen) atoms. The van der Waals surface area contributed by atoms with E-state index in [2.05, 4.69) is 10.1 Å². The van der Waals surface area contributed by atoms with Crippen molar-refractivity contribution in [3.8, 4) is 11.4 Å². The maximum absolute atomic E-state index is 12.3. The summed E-state index contributed by atoms with van der Waals surface area (Å²) in [5.74, 6) is 1.34. The van der Waals surface area contributed by atoms with Crippen molar-refractivity contribution in [2.75, 3.05) is 6.54 Å². The van der Waals surface area contributed by atoms with E-state index in [-0.39, 0.29) is 11.9 Å². The van der Waals surface area contributed by atoms with Gasteiger partial charge in [0.15, 0.2) is 0 Å². The number of carbonyl (C=O) groups is 1. The predicted molar refractivity (Wildman–Crippen MR) is 87.7 cm³/mol. The van der Waals surface area contributed by atoms with Gasteiger partial charge in [-0.05, 0) is 38.7 Å². The number of hydrogen-bond acceptors (Lipinski definition) is 4. The molecular formula is C18H23N3O2. The van der Waals surface area contributed by atoms with E-state index < -0.39 is 0 Å². The molecule has 1 saturated heterocycles. The van der Waals surface area contributed by atoms with E-state index in [0.29, 0.717) is 18.1 Å². The average Bonchev–Trinajstić information content (AvgIpc) is 3.05. The molecule has 122 valence electrons.